The van der Waals surface area contributed by atoms with Crippen LogP contribution in [0, 0.1) is 0 Å². The summed E-state index contributed by atoms with van der Waals surface area (Å²) in [6.07, 6.45) is 8.93. The second-order valence-corrected chi connectivity index (χ2v) is 5.93. The van der Waals surface area contributed by atoms with E-state index in [1.807, 2.05) is 42.6 Å². The first-order chi connectivity index (χ1) is 12.9. The summed E-state index contributed by atoms with van der Waals surface area (Å²) in [7, 11) is 0. The van der Waals surface area contributed by atoms with Crippen LogP contribution in [-0.2, 0) is 0 Å². The fourth-order valence-electron chi connectivity index (χ4n) is 2.97. The zero-order chi connectivity index (χ0) is 17.3. The van der Waals surface area contributed by atoms with E-state index in [4.69, 9.17) is 4.98 Å². The van der Waals surface area contributed by atoms with Gasteiger partial charge in [-0.3, -0.25) is 9.97 Å². The Labute approximate surface area is 149 Å². The van der Waals surface area contributed by atoms with Gasteiger partial charge in [-0.25, -0.2) is 9.97 Å². The van der Waals surface area contributed by atoms with Gasteiger partial charge in [0, 0.05) is 53.1 Å². The van der Waals surface area contributed by atoms with Gasteiger partial charge >= 0.3 is 0 Å². The molecule has 2 N–H and O–H groups in total. The van der Waals surface area contributed by atoms with Gasteiger partial charge in [-0.15, -0.1) is 0 Å². The average molecular weight is 338 g/mol. The van der Waals surface area contributed by atoms with Crippen LogP contribution in [0.2, 0.25) is 0 Å². The van der Waals surface area contributed by atoms with E-state index in [9.17, 15) is 0 Å². The van der Waals surface area contributed by atoms with E-state index in [1.54, 1.807) is 24.8 Å². The highest BCUT2D eigenvalue weighted by Gasteiger charge is 2.10. The van der Waals surface area contributed by atoms with Crippen molar-refractivity contribution in [3.63, 3.8) is 0 Å². The normalized spacial score (nSPS) is 11.1. The van der Waals surface area contributed by atoms with Crippen molar-refractivity contribution in [3.05, 3.63) is 73.4 Å². The summed E-state index contributed by atoms with van der Waals surface area (Å²) < 4.78 is 0. The number of fused-ring (bicyclic) bond motifs is 2. The van der Waals surface area contributed by atoms with E-state index >= 15 is 0 Å². The molecule has 0 saturated carbocycles. The van der Waals surface area contributed by atoms with Crippen LogP contribution in [0.1, 0.15) is 0 Å². The van der Waals surface area contributed by atoms with Crippen molar-refractivity contribution in [2.24, 2.45) is 0 Å². The van der Waals surface area contributed by atoms with Crippen LogP contribution in [0.25, 0.3) is 33.2 Å². The molecule has 0 amide bonds. The van der Waals surface area contributed by atoms with E-state index in [-0.39, 0.29) is 0 Å². The van der Waals surface area contributed by atoms with Gasteiger partial charge in [0.1, 0.15) is 5.82 Å². The van der Waals surface area contributed by atoms with Crippen molar-refractivity contribution in [1.82, 2.24) is 24.9 Å². The number of aromatic nitrogens is 5. The Bertz CT molecular complexity index is 1210. The van der Waals surface area contributed by atoms with Crippen molar-refractivity contribution in [1.29, 1.82) is 0 Å². The van der Waals surface area contributed by atoms with Crippen molar-refractivity contribution in [3.8, 4) is 11.4 Å². The minimum Gasteiger partial charge on any atom is -0.361 e. The number of benzene rings is 1. The van der Waals surface area contributed by atoms with Gasteiger partial charge in [0.25, 0.3) is 0 Å². The van der Waals surface area contributed by atoms with Crippen LogP contribution in [0.15, 0.2) is 73.4 Å². The second kappa shape index (κ2) is 5.93. The monoisotopic (exact) mass is 338 g/mol. The lowest BCUT2D eigenvalue weighted by Gasteiger charge is -2.11. The second-order valence-electron chi connectivity index (χ2n) is 5.93. The first kappa shape index (κ1) is 14.5. The van der Waals surface area contributed by atoms with Crippen LogP contribution in [0.3, 0.4) is 0 Å². The van der Waals surface area contributed by atoms with E-state index in [1.165, 1.54) is 0 Å². The molecule has 1 aromatic carbocycles. The number of hydrogen-bond acceptors (Lipinski definition) is 5. The molecule has 5 rings (SSSR count). The maximum Gasteiger partial charge on any atom is 0.162 e. The minimum atomic E-state index is 0.649. The van der Waals surface area contributed by atoms with E-state index in [0.717, 1.165) is 38.9 Å². The van der Waals surface area contributed by atoms with Gasteiger partial charge in [-0.2, -0.15) is 0 Å². The van der Waals surface area contributed by atoms with Crippen LogP contribution in [0.4, 0.5) is 11.5 Å². The molecule has 0 unspecified atom stereocenters. The van der Waals surface area contributed by atoms with E-state index < -0.39 is 0 Å². The molecule has 0 saturated heterocycles. The SMILES string of the molecule is c1cc(-c2nc(Nc3ccc4[nH]ccc4c3)c3cnccc3n2)ccn1. The predicted octanol–water partition coefficient (Wildman–Crippen LogP) is 4.31. The molecule has 6 heteroatoms. The Morgan fingerprint density at radius 2 is 1.73 bits per heavy atom. The molecular weight excluding hydrogens is 324 g/mol. The van der Waals surface area contributed by atoms with Crippen LogP contribution in [-0.4, -0.2) is 24.9 Å². The van der Waals surface area contributed by atoms with Gasteiger partial charge in [-0.1, -0.05) is 0 Å². The lowest BCUT2D eigenvalue weighted by Crippen LogP contribution is -1.99. The molecule has 124 valence electrons. The summed E-state index contributed by atoms with van der Waals surface area (Å²) in [5.74, 6) is 1.38. The third kappa shape index (κ3) is 2.53. The molecule has 0 bridgehead atoms. The molecule has 5 aromatic rings. The average Bonchev–Trinajstić information content (AvgIpc) is 3.16. The molecule has 26 heavy (non-hydrogen) atoms. The van der Waals surface area contributed by atoms with Crippen molar-refractivity contribution < 1.29 is 0 Å². The molecule has 0 atom stereocenters. The molecule has 0 aliphatic rings. The lowest BCUT2D eigenvalue weighted by molar-refractivity contribution is 1.20. The number of rotatable bonds is 3. The molecule has 6 nitrogen and oxygen atoms in total. The highest BCUT2D eigenvalue weighted by atomic mass is 15.0. The maximum atomic E-state index is 4.74. The lowest BCUT2D eigenvalue weighted by atomic mass is 10.2. The summed E-state index contributed by atoms with van der Waals surface area (Å²) in [5.41, 5.74) is 3.82. The summed E-state index contributed by atoms with van der Waals surface area (Å²) in [6, 6.07) is 13.9. The summed E-state index contributed by atoms with van der Waals surface area (Å²) in [4.78, 5) is 20.9. The standard InChI is InChI=1S/C20H14N6/c1-2-17-14(5-10-23-17)11-15(1)24-20-16-12-22-9-6-18(16)25-19(26-20)13-3-7-21-8-4-13/h1-12,23H,(H,24,25,26). The zero-order valence-electron chi connectivity index (χ0n) is 13.7. The van der Waals surface area contributed by atoms with E-state index in [2.05, 4.69) is 31.3 Å². The molecule has 0 radical (unpaired) electrons. The molecule has 4 aromatic heterocycles. The first-order valence-corrected chi connectivity index (χ1v) is 8.23. The fraction of sp³-hybridized carbons (Fsp3) is 0. The summed E-state index contributed by atoms with van der Waals surface area (Å²) in [6.45, 7) is 0. The molecule has 0 fully saturated rings. The van der Waals surface area contributed by atoms with Crippen LogP contribution >= 0.6 is 0 Å². The third-order valence-corrected chi connectivity index (χ3v) is 4.25. The molecule has 4 heterocycles. The van der Waals surface area contributed by atoms with Gasteiger partial charge in [-0.05, 0) is 42.5 Å². The number of aromatic amines is 1. The first-order valence-electron chi connectivity index (χ1n) is 8.23. The number of hydrogen-bond donors (Lipinski definition) is 2. The van der Waals surface area contributed by atoms with Gasteiger partial charge < -0.3 is 10.3 Å². The highest BCUT2D eigenvalue weighted by molar-refractivity contribution is 5.92. The maximum absolute atomic E-state index is 4.74. The molecule has 0 spiro atoms. The van der Waals surface area contributed by atoms with Gasteiger partial charge in [0.15, 0.2) is 5.82 Å². The minimum absolute atomic E-state index is 0.649. The summed E-state index contributed by atoms with van der Waals surface area (Å²) in [5, 5.41) is 5.43. The molecule has 0 aliphatic heterocycles. The molecule has 0 aliphatic carbocycles. The topological polar surface area (TPSA) is 79.4 Å². The molecular formula is C20H14N6. The van der Waals surface area contributed by atoms with E-state index in [0.29, 0.717) is 5.82 Å². The highest BCUT2D eigenvalue weighted by Crippen LogP contribution is 2.27. The predicted molar refractivity (Wildman–Crippen MR) is 102 cm³/mol. The smallest absolute Gasteiger partial charge is 0.162 e. The quantitative estimate of drug-likeness (QED) is 0.512. The largest absolute Gasteiger partial charge is 0.361 e. The Kier molecular flexibility index (Phi) is 3.31. The fourth-order valence-corrected chi connectivity index (χ4v) is 2.97. The number of pyridine rings is 2. The number of nitrogens with one attached hydrogen (secondary N) is 2. The number of nitrogens with zero attached hydrogens (tertiary/aromatic N) is 4. The van der Waals surface area contributed by atoms with Gasteiger partial charge in [0.2, 0.25) is 0 Å². The van der Waals surface area contributed by atoms with Crippen molar-refractivity contribution >= 4 is 33.3 Å². The summed E-state index contributed by atoms with van der Waals surface area (Å²) >= 11 is 0. The number of H-pyrrole nitrogens is 1. The van der Waals surface area contributed by atoms with Crippen molar-refractivity contribution in [2.45, 2.75) is 0 Å². The Hall–Kier alpha value is -3.80. The Morgan fingerprint density at radius 1 is 0.846 bits per heavy atom. The Morgan fingerprint density at radius 3 is 2.65 bits per heavy atom. The Balaban J connectivity index is 1.65. The van der Waals surface area contributed by atoms with Crippen LogP contribution in [0.5, 0.6) is 0 Å². The third-order valence-electron chi connectivity index (χ3n) is 4.25. The van der Waals surface area contributed by atoms with Crippen LogP contribution < -0.4 is 5.32 Å². The number of anilines is 2. The van der Waals surface area contributed by atoms with Gasteiger partial charge in [0.05, 0.1) is 10.9 Å². The zero-order valence-corrected chi connectivity index (χ0v) is 13.7. The van der Waals surface area contributed by atoms with Crippen molar-refractivity contribution in [2.75, 3.05) is 5.32 Å².